The highest BCUT2D eigenvalue weighted by Gasteiger charge is 2.23. The van der Waals surface area contributed by atoms with Crippen LogP contribution < -0.4 is 5.32 Å². The van der Waals surface area contributed by atoms with Crippen LogP contribution in [0.25, 0.3) is 0 Å². The van der Waals surface area contributed by atoms with Crippen LogP contribution in [0.4, 0.5) is 0 Å². The van der Waals surface area contributed by atoms with E-state index in [9.17, 15) is 9.59 Å². The first kappa shape index (κ1) is 16.7. The van der Waals surface area contributed by atoms with Gasteiger partial charge in [-0.25, -0.2) is 0 Å². The molecule has 0 atom stereocenters. The third-order valence-electron chi connectivity index (χ3n) is 4.26. The monoisotopic (exact) mass is 305 g/mol. The van der Waals surface area contributed by atoms with E-state index in [-0.39, 0.29) is 17.6 Å². The first-order valence-corrected chi connectivity index (χ1v) is 8.23. The molecule has 1 amide bonds. The Hall–Kier alpha value is -1.62. The summed E-state index contributed by atoms with van der Waals surface area (Å²) in [5.41, 5.74) is 1.12. The molecule has 0 bridgehead atoms. The Morgan fingerprint density at radius 3 is 2.68 bits per heavy atom. The molecule has 0 spiro atoms. The van der Waals surface area contributed by atoms with E-state index in [2.05, 4.69) is 15.2 Å². The summed E-state index contributed by atoms with van der Waals surface area (Å²) >= 11 is 0. The first-order valence-electron chi connectivity index (χ1n) is 8.23. The molecule has 2 rings (SSSR count). The fraction of sp³-hybridized carbons (Fsp3) is 0.647. The van der Waals surface area contributed by atoms with Gasteiger partial charge >= 0.3 is 0 Å². The number of nitrogens with zero attached hydrogens (tertiary/aromatic N) is 1. The van der Waals surface area contributed by atoms with E-state index in [1.165, 1.54) is 6.42 Å². The van der Waals surface area contributed by atoms with Gasteiger partial charge in [-0.1, -0.05) is 19.3 Å². The zero-order valence-corrected chi connectivity index (χ0v) is 13.7. The topological polar surface area (TPSA) is 65.2 Å². The largest absolute Gasteiger partial charge is 0.356 e. The van der Waals surface area contributed by atoms with Crippen molar-refractivity contribution in [3.63, 3.8) is 0 Å². The number of hydrogen-bond acceptors (Lipinski definition) is 3. The number of nitrogens with one attached hydrogen (secondary N) is 2. The molecule has 1 aromatic heterocycles. The summed E-state index contributed by atoms with van der Waals surface area (Å²) in [5.74, 6) is 0.185. The Bertz CT molecular complexity index is 502. The van der Waals surface area contributed by atoms with Crippen LogP contribution in [0.1, 0.15) is 59.4 Å². The fourth-order valence-electron chi connectivity index (χ4n) is 2.96. The summed E-state index contributed by atoms with van der Waals surface area (Å²) in [7, 11) is 4.02. The lowest BCUT2D eigenvalue weighted by Crippen LogP contribution is -2.27. The molecule has 122 valence electrons. The standard InChI is InChI=1S/C17H27N3O2/c1-20(2)10-6-9-18-17(22)15-11-14(12-19-15)16(21)13-7-4-3-5-8-13/h11-13,19H,3-10H2,1-2H3,(H,18,22). The van der Waals surface area contributed by atoms with Crippen molar-refractivity contribution in [3.05, 3.63) is 23.5 Å². The Kier molecular flexibility index (Phi) is 6.19. The maximum Gasteiger partial charge on any atom is 0.267 e. The summed E-state index contributed by atoms with van der Waals surface area (Å²) < 4.78 is 0. The van der Waals surface area contributed by atoms with Gasteiger partial charge in [0, 0.05) is 24.2 Å². The fourth-order valence-corrected chi connectivity index (χ4v) is 2.96. The smallest absolute Gasteiger partial charge is 0.267 e. The molecule has 5 heteroatoms. The van der Waals surface area contributed by atoms with Gasteiger partial charge in [0.05, 0.1) is 0 Å². The molecule has 22 heavy (non-hydrogen) atoms. The number of ketones is 1. The predicted molar refractivity (Wildman–Crippen MR) is 87.2 cm³/mol. The van der Waals surface area contributed by atoms with Gasteiger partial charge in [0.15, 0.2) is 5.78 Å². The minimum Gasteiger partial charge on any atom is -0.356 e. The van der Waals surface area contributed by atoms with Gasteiger partial charge in [0.25, 0.3) is 5.91 Å². The highest BCUT2D eigenvalue weighted by atomic mass is 16.2. The van der Waals surface area contributed by atoms with Crippen molar-refractivity contribution >= 4 is 11.7 Å². The molecule has 0 aromatic carbocycles. The summed E-state index contributed by atoms with van der Waals surface area (Å²) in [6.45, 7) is 1.58. The summed E-state index contributed by atoms with van der Waals surface area (Å²) in [6, 6.07) is 1.69. The zero-order chi connectivity index (χ0) is 15.9. The van der Waals surface area contributed by atoms with E-state index in [1.807, 2.05) is 14.1 Å². The average Bonchev–Trinajstić information content (AvgIpc) is 3.01. The molecular formula is C17H27N3O2. The first-order chi connectivity index (χ1) is 10.6. The number of aromatic nitrogens is 1. The van der Waals surface area contributed by atoms with E-state index in [0.717, 1.165) is 38.6 Å². The molecule has 1 aliphatic rings. The highest BCUT2D eigenvalue weighted by molar-refractivity contribution is 6.01. The van der Waals surface area contributed by atoms with Crippen LogP contribution in [0, 0.1) is 5.92 Å². The lowest BCUT2D eigenvalue weighted by Gasteiger charge is -2.19. The van der Waals surface area contributed by atoms with E-state index in [1.54, 1.807) is 12.3 Å². The van der Waals surface area contributed by atoms with Crippen molar-refractivity contribution in [2.75, 3.05) is 27.2 Å². The third-order valence-corrected chi connectivity index (χ3v) is 4.26. The van der Waals surface area contributed by atoms with Gasteiger partial charge in [-0.3, -0.25) is 9.59 Å². The van der Waals surface area contributed by atoms with E-state index in [4.69, 9.17) is 0 Å². The van der Waals surface area contributed by atoms with Crippen LogP contribution in [0.2, 0.25) is 0 Å². The molecule has 1 fully saturated rings. The molecule has 0 radical (unpaired) electrons. The second-order valence-corrected chi connectivity index (χ2v) is 6.41. The lowest BCUT2D eigenvalue weighted by atomic mass is 9.84. The van der Waals surface area contributed by atoms with Gasteiger partial charge < -0.3 is 15.2 Å². The van der Waals surface area contributed by atoms with Crippen LogP contribution in [0.5, 0.6) is 0 Å². The predicted octanol–water partition coefficient (Wildman–Crippen LogP) is 2.46. The normalized spacial score (nSPS) is 16.0. The number of rotatable bonds is 7. The molecule has 1 aliphatic carbocycles. The van der Waals surface area contributed by atoms with E-state index < -0.39 is 0 Å². The summed E-state index contributed by atoms with van der Waals surface area (Å²) in [4.78, 5) is 29.5. The number of hydrogen-bond donors (Lipinski definition) is 2. The van der Waals surface area contributed by atoms with Crippen molar-refractivity contribution in [2.45, 2.75) is 38.5 Å². The van der Waals surface area contributed by atoms with Crippen LogP contribution >= 0.6 is 0 Å². The highest BCUT2D eigenvalue weighted by Crippen LogP contribution is 2.27. The van der Waals surface area contributed by atoms with Crippen molar-refractivity contribution < 1.29 is 9.59 Å². The van der Waals surface area contributed by atoms with Gasteiger partial charge in [-0.05, 0) is 46.0 Å². The minimum absolute atomic E-state index is 0.138. The number of carbonyl (C=O) groups is 2. The Labute approximate surface area is 132 Å². The number of amides is 1. The molecule has 2 N–H and O–H groups in total. The maximum absolute atomic E-state index is 12.4. The number of aromatic amines is 1. The van der Waals surface area contributed by atoms with Crippen LogP contribution in [0.3, 0.4) is 0 Å². The van der Waals surface area contributed by atoms with Gasteiger partial charge in [0.1, 0.15) is 5.69 Å². The van der Waals surface area contributed by atoms with Crippen molar-refractivity contribution in [1.29, 1.82) is 0 Å². The zero-order valence-electron chi connectivity index (χ0n) is 13.7. The maximum atomic E-state index is 12.4. The van der Waals surface area contributed by atoms with E-state index in [0.29, 0.717) is 17.8 Å². The van der Waals surface area contributed by atoms with Crippen molar-refractivity contribution in [1.82, 2.24) is 15.2 Å². The van der Waals surface area contributed by atoms with Gasteiger partial charge in [0.2, 0.25) is 0 Å². The van der Waals surface area contributed by atoms with Crippen LogP contribution in [-0.4, -0.2) is 48.8 Å². The molecule has 1 saturated carbocycles. The summed E-state index contributed by atoms with van der Waals surface area (Å²) in [6.07, 6.45) is 8.06. The Morgan fingerprint density at radius 1 is 1.27 bits per heavy atom. The molecule has 1 heterocycles. The molecule has 5 nitrogen and oxygen atoms in total. The van der Waals surface area contributed by atoms with Gasteiger partial charge in [-0.15, -0.1) is 0 Å². The Balaban J connectivity index is 1.84. The SMILES string of the molecule is CN(C)CCCNC(=O)c1cc(C(=O)C2CCCCC2)c[nH]1. The number of carbonyl (C=O) groups excluding carboxylic acids is 2. The number of Topliss-reactive ketones (excluding diaryl/α,β-unsaturated/α-hetero) is 1. The molecule has 0 aliphatic heterocycles. The quantitative estimate of drug-likeness (QED) is 0.601. The molecule has 0 saturated heterocycles. The third kappa shape index (κ3) is 4.70. The number of H-pyrrole nitrogens is 1. The molecule has 1 aromatic rings. The van der Waals surface area contributed by atoms with Crippen molar-refractivity contribution in [2.24, 2.45) is 5.92 Å². The van der Waals surface area contributed by atoms with Crippen LogP contribution in [0.15, 0.2) is 12.3 Å². The van der Waals surface area contributed by atoms with E-state index >= 15 is 0 Å². The Morgan fingerprint density at radius 2 is 2.00 bits per heavy atom. The van der Waals surface area contributed by atoms with Crippen molar-refractivity contribution in [3.8, 4) is 0 Å². The van der Waals surface area contributed by atoms with Crippen LogP contribution in [-0.2, 0) is 0 Å². The summed E-state index contributed by atoms with van der Waals surface area (Å²) in [5, 5.41) is 2.88. The molecular weight excluding hydrogens is 278 g/mol. The second-order valence-electron chi connectivity index (χ2n) is 6.41. The van der Waals surface area contributed by atoms with Gasteiger partial charge in [-0.2, -0.15) is 0 Å². The minimum atomic E-state index is -0.138. The lowest BCUT2D eigenvalue weighted by molar-refractivity contribution is 0.0889. The second kappa shape index (κ2) is 8.13. The average molecular weight is 305 g/mol. The molecule has 0 unspecified atom stereocenters.